The highest BCUT2D eigenvalue weighted by atomic mass is 32.2. The molecule has 3 rings (SSSR count). The summed E-state index contributed by atoms with van der Waals surface area (Å²) >= 11 is 1.09. The van der Waals surface area contributed by atoms with E-state index in [1.54, 1.807) is 6.92 Å². The third-order valence-electron chi connectivity index (χ3n) is 3.92. The summed E-state index contributed by atoms with van der Waals surface area (Å²) in [6.07, 6.45) is 0. The zero-order valence-electron chi connectivity index (χ0n) is 14.7. The number of thioether (sulfide) groups is 1. The molecule has 5 nitrogen and oxygen atoms in total. The molecular formula is C19H17F2N3O2S. The average Bonchev–Trinajstić information content (AvgIpc) is 3.09. The molecule has 0 unspecified atom stereocenters. The molecular weight excluding hydrogens is 372 g/mol. The van der Waals surface area contributed by atoms with Crippen LogP contribution >= 0.6 is 11.8 Å². The Bertz CT molecular complexity index is 962. The number of aromatic nitrogens is 2. The van der Waals surface area contributed by atoms with Gasteiger partial charge in [0.05, 0.1) is 11.8 Å². The molecule has 8 heteroatoms. The van der Waals surface area contributed by atoms with Gasteiger partial charge >= 0.3 is 0 Å². The maximum atomic E-state index is 13.8. The second-order valence-electron chi connectivity index (χ2n) is 5.93. The first-order valence-electron chi connectivity index (χ1n) is 8.20. The van der Waals surface area contributed by atoms with E-state index in [-0.39, 0.29) is 22.4 Å². The zero-order chi connectivity index (χ0) is 19.4. The molecule has 0 spiro atoms. The van der Waals surface area contributed by atoms with Crippen LogP contribution in [0.5, 0.6) is 0 Å². The van der Waals surface area contributed by atoms with Crippen LogP contribution in [0.3, 0.4) is 0 Å². The Labute approximate surface area is 159 Å². The summed E-state index contributed by atoms with van der Waals surface area (Å²) in [6.45, 7) is 3.57. The van der Waals surface area contributed by atoms with Crippen molar-refractivity contribution < 1.29 is 18.0 Å². The first kappa shape index (κ1) is 19.0. The van der Waals surface area contributed by atoms with Gasteiger partial charge in [-0.3, -0.25) is 4.79 Å². The van der Waals surface area contributed by atoms with Crippen molar-refractivity contribution in [3.8, 4) is 11.5 Å². The monoisotopic (exact) mass is 389 g/mol. The van der Waals surface area contributed by atoms with Gasteiger partial charge < -0.3 is 9.73 Å². The summed E-state index contributed by atoms with van der Waals surface area (Å²) < 4.78 is 32.3. The van der Waals surface area contributed by atoms with E-state index in [9.17, 15) is 13.6 Å². The lowest BCUT2D eigenvalue weighted by molar-refractivity contribution is -0.119. The summed E-state index contributed by atoms with van der Waals surface area (Å²) in [5, 5.41) is 10.9. The van der Waals surface area contributed by atoms with Crippen LogP contribution < -0.4 is 5.32 Å². The van der Waals surface area contributed by atoms with E-state index in [4.69, 9.17) is 4.42 Å². The number of aryl methyl sites for hydroxylation is 1. The van der Waals surface area contributed by atoms with Crippen molar-refractivity contribution in [2.24, 2.45) is 0 Å². The number of hydrogen-bond acceptors (Lipinski definition) is 5. The molecule has 140 valence electrons. The van der Waals surface area contributed by atoms with Crippen LogP contribution in [-0.2, 0) is 4.79 Å². The Kier molecular flexibility index (Phi) is 5.85. The SMILES string of the molecule is Cc1ccccc1-c1nnc(SCC(=O)N[C@@H](C)c2ccc(F)cc2F)o1. The first-order chi connectivity index (χ1) is 12.9. The Morgan fingerprint density at radius 2 is 2.00 bits per heavy atom. The highest BCUT2D eigenvalue weighted by Gasteiger charge is 2.16. The molecule has 1 aromatic heterocycles. The molecule has 0 saturated heterocycles. The Balaban J connectivity index is 1.57. The number of benzene rings is 2. The smallest absolute Gasteiger partial charge is 0.277 e. The van der Waals surface area contributed by atoms with Gasteiger partial charge in [0.25, 0.3) is 5.22 Å². The minimum absolute atomic E-state index is 0.0303. The van der Waals surface area contributed by atoms with E-state index in [1.807, 2.05) is 31.2 Å². The number of rotatable bonds is 6. The van der Waals surface area contributed by atoms with Gasteiger partial charge in [-0.15, -0.1) is 10.2 Å². The third kappa shape index (κ3) is 4.71. The zero-order valence-corrected chi connectivity index (χ0v) is 15.5. The highest BCUT2D eigenvalue weighted by molar-refractivity contribution is 7.99. The van der Waals surface area contributed by atoms with E-state index >= 15 is 0 Å². The van der Waals surface area contributed by atoms with Gasteiger partial charge in [-0.25, -0.2) is 8.78 Å². The van der Waals surface area contributed by atoms with Crippen molar-refractivity contribution in [3.05, 3.63) is 65.2 Å². The molecule has 1 N–H and O–H groups in total. The molecule has 0 saturated carbocycles. The number of nitrogens with one attached hydrogen (secondary N) is 1. The normalized spacial score (nSPS) is 12.0. The fourth-order valence-corrected chi connectivity index (χ4v) is 3.10. The minimum atomic E-state index is -0.699. The standard InChI is InChI=1S/C19H17F2N3O2S/c1-11-5-3-4-6-14(11)18-23-24-19(26-18)27-10-17(25)22-12(2)15-8-7-13(20)9-16(15)21/h3-9,12H,10H2,1-2H3,(H,22,25)/t12-/m0/s1. The van der Waals surface area contributed by atoms with E-state index < -0.39 is 17.7 Å². The molecule has 0 aliphatic heterocycles. The van der Waals surface area contributed by atoms with Gasteiger partial charge in [0.15, 0.2) is 0 Å². The van der Waals surface area contributed by atoms with Gasteiger partial charge in [-0.1, -0.05) is 36.0 Å². The largest absolute Gasteiger partial charge is 0.411 e. The first-order valence-corrected chi connectivity index (χ1v) is 9.19. The molecule has 0 bridgehead atoms. The van der Waals surface area contributed by atoms with Crippen LogP contribution in [0.25, 0.3) is 11.5 Å². The maximum Gasteiger partial charge on any atom is 0.277 e. The van der Waals surface area contributed by atoms with Gasteiger partial charge in [-0.05, 0) is 31.5 Å². The topological polar surface area (TPSA) is 68.0 Å². The Hall–Kier alpha value is -2.74. The predicted molar refractivity (Wildman–Crippen MR) is 98.1 cm³/mol. The predicted octanol–water partition coefficient (Wildman–Crippen LogP) is 4.29. The summed E-state index contributed by atoms with van der Waals surface area (Å²) in [5.74, 6) is -1.27. The molecule has 0 radical (unpaired) electrons. The van der Waals surface area contributed by atoms with Crippen molar-refractivity contribution >= 4 is 17.7 Å². The van der Waals surface area contributed by atoms with E-state index in [2.05, 4.69) is 15.5 Å². The van der Waals surface area contributed by atoms with Crippen LogP contribution in [-0.4, -0.2) is 21.9 Å². The lowest BCUT2D eigenvalue weighted by Crippen LogP contribution is -2.28. The lowest BCUT2D eigenvalue weighted by atomic mass is 10.1. The second kappa shape index (κ2) is 8.30. The number of hydrogen-bond donors (Lipinski definition) is 1. The average molecular weight is 389 g/mol. The van der Waals surface area contributed by atoms with E-state index in [1.165, 1.54) is 6.07 Å². The molecule has 1 heterocycles. The van der Waals surface area contributed by atoms with Gasteiger partial charge in [0, 0.05) is 17.2 Å². The highest BCUT2D eigenvalue weighted by Crippen LogP contribution is 2.25. The maximum absolute atomic E-state index is 13.8. The fourth-order valence-electron chi connectivity index (χ4n) is 2.53. The summed E-state index contributed by atoms with van der Waals surface area (Å²) in [7, 11) is 0. The van der Waals surface area contributed by atoms with E-state index in [0.717, 1.165) is 35.0 Å². The van der Waals surface area contributed by atoms with Crippen molar-refractivity contribution in [2.75, 3.05) is 5.75 Å². The van der Waals surface area contributed by atoms with Crippen molar-refractivity contribution in [2.45, 2.75) is 25.1 Å². The number of amides is 1. The second-order valence-corrected chi connectivity index (χ2v) is 6.86. The number of nitrogens with zero attached hydrogens (tertiary/aromatic N) is 2. The van der Waals surface area contributed by atoms with Gasteiger partial charge in [0.2, 0.25) is 11.8 Å². The van der Waals surface area contributed by atoms with Crippen molar-refractivity contribution in [1.82, 2.24) is 15.5 Å². The fraction of sp³-hybridized carbons (Fsp3) is 0.211. The molecule has 0 fully saturated rings. The minimum Gasteiger partial charge on any atom is -0.411 e. The summed E-state index contributed by atoms with van der Waals surface area (Å²) in [4.78, 5) is 12.1. The van der Waals surface area contributed by atoms with Crippen molar-refractivity contribution in [1.29, 1.82) is 0 Å². The van der Waals surface area contributed by atoms with Crippen LogP contribution in [0, 0.1) is 18.6 Å². The summed E-state index contributed by atoms with van der Waals surface area (Å²) in [5.41, 5.74) is 2.06. The lowest BCUT2D eigenvalue weighted by Gasteiger charge is -2.14. The van der Waals surface area contributed by atoms with Crippen LogP contribution in [0.4, 0.5) is 8.78 Å². The van der Waals surface area contributed by atoms with Crippen LogP contribution in [0.2, 0.25) is 0 Å². The quantitative estimate of drug-likeness (QED) is 0.637. The molecule has 2 aromatic carbocycles. The molecule has 1 atom stereocenters. The Morgan fingerprint density at radius 1 is 1.22 bits per heavy atom. The van der Waals surface area contributed by atoms with E-state index in [0.29, 0.717) is 5.89 Å². The molecule has 27 heavy (non-hydrogen) atoms. The molecule has 0 aliphatic carbocycles. The molecule has 3 aromatic rings. The van der Waals surface area contributed by atoms with Crippen molar-refractivity contribution in [3.63, 3.8) is 0 Å². The van der Waals surface area contributed by atoms with Gasteiger partial charge in [0.1, 0.15) is 11.6 Å². The third-order valence-corrected chi connectivity index (χ3v) is 4.73. The Morgan fingerprint density at radius 3 is 2.74 bits per heavy atom. The number of carbonyl (C=O) groups is 1. The van der Waals surface area contributed by atoms with Gasteiger partial charge in [-0.2, -0.15) is 0 Å². The summed E-state index contributed by atoms with van der Waals surface area (Å²) in [6, 6.07) is 10.3. The molecule has 0 aliphatic rings. The number of halogens is 2. The van der Waals surface area contributed by atoms with Crippen LogP contribution in [0.1, 0.15) is 24.1 Å². The number of carbonyl (C=O) groups excluding carboxylic acids is 1. The molecule has 1 amide bonds. The van der Waals surface area contributed by atoms with Crippen LogP contribution in [0.15, 0.2) is 52.1 Å².